The van der Waals surface area contributed by atoms with Crippen molar-refractivity contribution in [2.45, 2.75) is 39.2 Å². The minimum atomic E-state index is -0.245. The number of ether oxygens (including phenoxy) is 4. The predicted molar refractivity (Wildman–Crippen MR) is 217 cm³/mol. The normalized spacial score (nSPS) is 18.9. The van der Waals surface area contributed by atoms with Gasteiger partial charge in [-0.25, -0.2) is 0 Å². The number of aryl methyl sites for hydroxylation is 2. The Bertz CT molecular complexity index is 2210. The molecule has 0 spiro atoms. The highest BCUT2D eigenvalue weighted by atomic mass is 35.5. The molecule has 0 N–H and O–H groups in total. The van der Waals surface area contributed by atoms with Crippen molar-refractivity contribution in [2.75, 3.05) is 14.2 Å². The van der Waals surface area contributed by atoms with E-state index in [2.05, 4.69) is 111 Å². The molecular weight excluding hydrogens is 676 g/mol. The molecule has 4 aromatic rings. The summed E-state index contributed by atoms with van der Waals surface area (Å²) in [7, 11) is 3.35. The van der Waals surface area contributed by atoms with Crippen LogP contribution in [0.3, 0.4) is 0 Å². The lowest BCUT2D eigenvalue weighted by atomic mass is 9.93. The van der Waals surface area contributed by atoms with Gasteiger partial charge in [-0.1, -0.05) is 95.5 Å². The SMILES string of the molecule is COc1ccc(C2=CC(c3ccc(C)cc3)=CC(=CC=C3CCCC(C=CC4=CC(c5ccc(C)cc5)=CC(c5ccc(OC)cc5)O4)=C3Cl)O2)cc1. The molecule has 0 saturated heterocycles. The topological polar surface area (TPSA) is 36.9 Å². The molecule has 0 amide bonds. The first-order chi connectivity index (χ1) is 25.8. The molecule has 0 aromatic heterocycles. The molecule has 2 aliphatic heterocycles. The molecule has 53 heavy (non-hydrogen) atoms. The van der Waals surface area contributed by atoms with Crippen molar-refractivity contribution in [3.63, 3.8) is 0 Å². The lowest BCUT2D eigenvalue weighted by Crippen LogP contribution is -2.07. The molecule has 1 unspecified atom stereocenters. The largest absolute Gasteiger partial charge is 0.497 e. The second kappa shape index (κ2) is 16.3. The van der Waals surface area contributed by atoms with Crippen molar-refractivity contribution in [2.24, 2.45) is 0 Å². The summed E-state index contributed by atoms with van der Waals surface area (Å²) in [5, 5.41) is 0.770. The third-order valence-corrected chi connectivity index (χ3v) is 10.1. The molecule has 5 heteroatoms. The summed E-state index contributed by atoms with van der Waals surface area (Å²) >= 11 is 7.14. The minimum Gasteiger partial charge on any atom is -0.497 e. The van der Waals surface area contributed by atoms with Crippen LogP contribution in [0.15, 0.2) is 173 Å². The number of halogens is 1. The molecule has 1 aliphatic carbocycles. The van der Waals surface area contributed by atoms with Crippen LogP contribution in [0.4, 0.5) is 0 Å². The second-order valence-corrected chi connectivity index (χ2v) is 13.8. The summed E-state index contributed by atoms with van der Waals surface area (Å²) in [6.07, 6.45) is 19.2. The van der Waals surface area contributed by atoms with Crippen molar-refractivity contribution < 1.29 is 18.9 Å². The standard InChI is InChI=1S/C48H43ClO4/c1-32-8-12-34(13-9-32)40-28-44(52-46(30-40)36-16-22-42(50-3)23-17-36)26-20-38-6-5-7-39(48(38)49)21-27-45-29-41(35-14-10-33(2)11-15-35)31-47(53-45)37-18-24-43(51-4)25-19-37/h8-31,46H,5-7H2,1-4H3. The lowest BCUT2D eigenvalue weighted by molar-refractivity contribution is 0.164. The highest BCUT2D eigenvalue weighted by molar-refractivity contribution is 6.32. The van der Waals surface area contributed by atoms with Gasteiger partial charge in [-0.05, 0) is 145 Å². The molecule has 1 atom stereocenters. The van der Waals surface area contributed by atoms with Crippen molar-refractivity contribution in [1.82, 2.24) is 0 Å². The predicted octanol–water partition coefficient (Wildman–Crippen LogP) is 12.6. The number of hydrogen-bond acceptors (Lipinski definition) is 4. The maximum atomic E-state index is 7.14. The highest BCUT2D eigenvalue weighted by Crippen LogP contribution is 2.38. The fourth-order valence-corrected chi connectivity index (χ4v) is 6.85. The summed E-state index contributed by atoms with van der Waals surface area (Å²) in [6.45, 7) is 4.20. The smallest absolute Gasteiger partial charge is 0.143 e. The van der Waals surface area contributed by atoms with Crippen LogP contribution in [0.5, 0.6) is 11.5 Å². The molecule has 0 saturated carbocycles. The summed E-state index contributed by atoms with van der Waals surface area (Å²) in [6, 6.07) is 33.1. The zero-order valence-corrected chi connectivity index (χ0v) is 31.3. The molecule has 4 nitrogen and oxygen atoms in total. The first-order valence-corrected chi connectivity index (χ1v) is 18.3. The van der Waals surface area contributed by atoms with Gasteiger partial charge in [0.25, 0.3) is 0 Å². The summed E-state index contributed by atoms with van der Waals surface area (Å²) in [4.78, 5) is 0. The number of allylic oxidation sites excluding steroid dienone is 12. The van der Waals surface area contributed by atoms with Gasteiger partial charge < -0.3 is 18.9 Å². The van der Waals surface area contributed by atoms with E-state index >= 15 is 0 Å². The molecule has 2 heterocycles. The fourth-order valence-electron chi connectivity index (χ4n) is 6.54. The first kappa shape index (κ1) is 35.7. The molecular formula is C48H43ClO4. The average molecular weight is 719 g/mol. The third kappa shape index (κ3) is 8.68. The number of hydrogen-bond donors (Lipinski definition) is 0. The Labute approximate surface area is 318 Å². The van der Waals surface area contributed by atoms with Crippen LogP contribution < -0.4 is 9.47 Å². The van der Waals surface area contributed by atoms with E-state index in [0.29, 0.717) is 0 Å². The van der Waals surface area contributed by atoms with E-state index < -0.39 is 0 Å². The Morgan fingerprint density at radius 1 is 0.642 bits per heavy atom. The number of benzene rings is 4. The Kier molecular flexibility index (Phi) is 11.0. The van der Waals surface area contributed by atoms with Gasteiger partial charge in [-0.15, -0.1) is 0 Å². The van der Waals surface area contributed by atoms with Crippen LogP contribution in [0.1, 0.15) is 58.7 Å². The molecule has 4 aromatic carbocycles. The maximum Gasteiger partial charge on any atom is 0.143 e. The van der Waals surface area contributed by atoms with Crippen LogP contribution in [0.25, 0.3) is 16.9 Å². The zero-order chi connectivity index (χ0) is 36.7. The van der Waals surface area contributed by atoms with Crippen molar-refractivity contribution >= 4 is 28.5 Å². The third-order valence-electron chi connectivity index (χ3n) is 9.65. The highest BCUT2D eigenvalue weighted by Gasteiger charge is 2.20. The van der Waals surface area contributed by atoms with Gasteiger partial charge in [-0.2, -0.15) is 0 Å². The van der Waals surface area contributed by atoms with Crippen LogP contribution in [0, 0.1) is 13.8 Å². The number of methoxy groups -OCH3 is 2. The van der Waals surface area contributed by atoms with E-state index in [1.807, 2.05) is 48.6 Å². The quantitative estimate of drug-likeness (QED) is 0.173. The Hall–Kier alpha value is -5.71. The van der Waals surface area contributed by atoms with Crippen LogP contribution >= 0.6 is 11.6 Å². The van der Waals surface area contributed by atoms with E-state index in [0.717, 1.165) is 97.6 Å². The van der Waals surface area contributed by atoms with E-state index in [-0.39, 0.29) is 6.10 Å². The van der Waals surface area contributed by atoms with Gasteiger partial charge in [0.1, 0.15) is 34.9 Å². The fraction of sp³-hybridized carbons (Fsp3) is 0.167. The average Bonchev–Trinajstić information content (AvgIpc) is 3.20. The molecule has 0 radical (unpaired) electrons. The molecule has 266 valence electrons. The van der Waals surface area contributed by atoms with Crippen molar-refractivity contribution in [3.8, 4) is 11.5 Å². The Morgan fingerprint density at radius 2 is 1.25 bits per heavy atom. The van der Waals surface area contributed by atoms with Gasteiger partial charge in [0.05, 0.1) is 14.2 Å². The monoisotopic (exact) mass is 718 g/mol. The zero-order valence-electron chi connectivity index (χ0n) is 30.6. The van der Waals surface area contributed by atoms with Gasteiger partial charge in [0.15, 0.2) is 0 Å². The first-order valence-electron chi connectivity index (χ1n) is 18.0. The summed E-state index contributed by atoms with van der Waals surface area (Å²) in [5.41, 5.74) is 11.1. The maximum absolute atomic E-state index is 7.14. The Balaban J connectivity index is 1.16. The van der Waals surface area contributed by atoms with E-state index in [1.165, 1.54) is 11.1 Å². The molecule has 7 rings (SSSR count). The van der Waals surface area contributed by atoms with Gasteiger partial charge in [0, 0.05) is 10.6 Å². The van der Waals surface area contributed by atoms with E-state index in [1.54, 1.807) is 14.2 Å². The summed E-state index contributed by atoms with van der Waals surface area (Å²) < 4.78 is 23.8. The van der Waals surface area contributed by atoms with E-state index in [9.17, 15) is 0 Å². The molecule has 0 fully saturated rings. The van der Waals surface area contributed by atoms with Gasteiger partial charge in [-0.3, -0.25) is 0 Å². The van der Waals surface area contributed by atoms with E-state index in [4.69, 9.17) is 30.5 Å². The summed E-state index contributed by atoms with van der Waals surface area (Å²) in [5.74, 6) is 3.91. The minimum absolute atomic E-state index is 0.245. The van der Waals surface area contributed by atoms with Crippen molar-refractivity contribution in [3.05, 3.63) is 207 Å². The van der Waals surface area contributed by atoms with Crippen LogP contribution in [-0.2, 0) is 9.47 Å². The molecule has 0 bridgehead atoms. The van der Waals surface area contributed by atoms with Crippen LogP contribution in [-0.4, -0.2) is 14.2 Å². The van der Waals surface area contributed by atoms with Crippen molar-refractivity contribution in [1.29, 1.82) is 0 Å². The number of rotatable bonds is 9. The lowest BCUT2D eigenvalue weighted by Gasteiger charge is -2.24. The molecule has 3 aliphatic rings. The van der Waals surface area contributed by atoms with Gasteiger partial charge in [0.2, 0.25) is 0 Å². The van der Waals surface area contributed by atoms with Crippen LogP contribution in [0.2, 0.25) is 0 Å². The van der Waals surface area contributed by atoms with Gasteiger partial charge >= 0.3 is 0 Å². The Morgan fingerprint density at radius 3 is 1.89 bits per heavy atom. The second-order valence-electron chi connectivity index (χ2n) is 13.4.